The number of halogens is 3. The highest BCUT2D eigenvalue weighted by Gasteiger charge is 2.57. The quantitative estimate of drug-likeness (QED) is 0.578. The maximum Gasteiger partial charge on any atom is 0.389 e. The molecule has 4 nitrogen and oxygen atoms in total. The summed E-state index contributed by atoms with van der Waals surface area (Å²) in [4.78, 5) is 24.3. The highest BCUT2D eigenvalue weighted by atomic mass is 19.4. The molecule has 1 aliphatic rings. The van der Waals surface area contributed by atoms with Crippen molar-refractivity contribution in [1.29, 1.82) is 0 Å². The molecule has 0 saturated heterocycles. The van der Waals surface area contributed by atoms with Gasteiger partial charge in [-0.25, -0.2) is 0 Å². The normalized spacial score (nSPS) is 24.7. The molecule has 2 unspecified atom stereocenters. The standard InChI is InChI=1S/C14H21F3O4/c1-4-20-11(18)13(12(19)21-5-2)6-9(3)10(7-13)8-14(15,16)17/h9-10H,4-8H2,1-3H3. The molecule has 0 radical (unpaired) electrons. The van der Waals surface area contributed by atoms with Gasteiger partial charge in [-0.15, -0.1) is 0 Å². The largest absolute Gasteiger partial charge is 0.465 e. The van der Waals surface area contributed by atoms with E-state index in [9.17, 15) is 22.8 Å². The van der Waals surface area contributed by atoms with Crippen molar-refractivity contribution in [3.63, 3.8) is 0 Å². The third-order valence-electron chi connectivity index (χ3n) is 3.91. The summed E-state index contributed by atoms with van der Waals surface area (Å²) < 4.78 is 47.6. The summed E-state index contributed by atoms with van der Waals surface area (Å²) in [5, 5.41) is 0. The SMILES string of the molecule is CCOC(=O)C1(C(=O)OCC)CC(C)C(CC(F)(F)F)C1. The fourth-order valence-corrected chi connectivity index (χ4v) is 2.97. The highest BCUT2D eigenvalue weighted by molar-refractivity contribution is 6.00. The van der Waals surface area contributed by atoms with Crippen molar-refractivity contribution in [2.24, 2.45) is 17.3 Å². The average Bonchev–Trinajstić information content (AvgIpc) is 2.66. The van der Waals surface area contributed by atoms with Crippen LogP contribution in [0.2, 0.25) is 0 Å². The van der Waals surface area contributed by atoms with Gasteiger partial charge in [0, 0.05) is 6.42 Å². The van der Waals surface area contributed by atoms with Gasteiger partial charge in [-0.1, -0.05) is 6.92 Å². The van der Waals surface area contributed by atoms with E-state index in [-0.39, 0.29) is 26.1 Å². The van der Waals surface area contributed by atoms with Crippen LogP contribution in [-0.2, 0) is 19.1 Å². The van der Waals surface area contributed by atoms with Crippen LogP contribution in [0.5, 0.6) is 0 Å². The first kappa shape index (κ1) is 17.8. The lowest BCUT2D eigenvalue weighted by atomic mass is 9.84. The van der Waals surface area contributed by atoms with Crippen LogP contribution in [0.25, 0.3) is 0 Å². The molecule has 0 aromatic carbocycles. The van der Waals surface area contributed by atoms with Crippen LogP contribution < -0.4 is 0 Å². The number of carbonyl (C=O) groups is 2. The fraction of sp³-hybridized carbons (Fsp3) is 0.857. The predicted molar refractivity (Wildman–Crippen MR) is 68.3 cm³/mol. The van der Waals surface area contributed by atoms with Crippen LogP contribution in [-0.4, -0.2) is 31.3 Å². The van der Waals surface area contributed by atoms with Gasteiger partial charge in [-0.3, -0.25) is 9.59 Å². The molecule has 2 atom stereocenters. The first-order chi connectivity index (χ1) is 9.66. The van der Waals surface area contributed by atoms with Crippen molar-refractivity contribution in [2.45, 2.75) is 46.2 Å². The second-order valence-electron chi connectivity index (χ2n) is 5.49. The minimum absolute atomic E-state index is 0.0331. The maximum atomic E-state index is 12.6. The molecule has 122 valence electrons. The van der Waals surface area contributed by atoms with Crippen LogP contribution in [0.3, 0.4) is 0 Å². The molecule has 1 saturated carbocycles. The average molecular weight is 310 g/mol. The number of alkyl halides is 3. The van der Waals surface area contributed by atoms with Crippen LogP contribution in [0.15, 0.2) is 0 Å². The second kappa shape index (κ2) is 6.66. The Morgan fingerprint density at radius 2 is 1.57 bits per heavy atom. The Bertz CT molecular complexity index is 374. The van der Waals surface area contributed by atoms with Gasteiger partial charge in [0.25, 0.3) is 0 Å². The molecule has 0 aromatic rings. The van der Waals surface area contributed by atoms with E-state index in [2.05, 4.69) is 0 Å². The van der Waals surface area contributed by atoms with Gasteiger partial charge < -0.3 is 9.47 Å². The van der Waals surface area contributed by atoms with Crippen LogP contribution in [0.4, 0.5) is 13.2 Å². The van der Waals surface area contributed by atoms with E-state index in [4.69, 9.17) is 9.47 Å². The fourth-order valence-electron chi connectivity index (χ4n) is 2.97. The summed E-state index contributed by atoms with van der Waals surface area (Å²) in [6.45, 7) is 4.93. The minimum atomic E-state index is -4.32. The smallest absolute Gasteiger partial charge is 0.389 e. The molecule has 21 heavy (non-hydrogen) atoms. The summed E-state index contributed by atoms with van der Waals surface area (Å²) in [5.74, 6) is -2.74. The molecule has 0 bridgehead atoms. The molecular formula is C14H21F3O4. The van der Waals surface area contributed by atoms with Crippen molar-refractivity contribution in [3.05, 3.63) is 0 Å². The molecular weight excluding hydrogens is 289 g/mol. The Morgan fingerprint density at radius 3 is 1.95 bits per heavy atom. The molecule has 1 fully saturated rings. The number of esters is 2. The highest BCUT2D eigenvalue weighted by Crippen LogP contribution is 2.50. The van der Waals surface area contributed by atoms with E-state index in [1.807, 2.05) is 0 Å². The predicted octanol–water partition coefficient (Wildman–Crippen LogP) is 3.10. The molecule has 7 heteroatoms. The topological polar surface area (TPSA) is 52.6 Å². The third-order valence-corrected chi connectivity index (χ3v) is 3.91. The van der Waals surface area contributed by atoms with Gasteiger partial charge in [-0.05, 0) is 38.5 Å². The molecule has 1 aliphatic carbocycles. The zero-order valence-corrected chi connectivity index (χ0v) is 12.5. The van der Waals surface area contributed by atoms with Gasteiger partial charge >= 0.3 is 18.1 Å². The lowest BCUT2D eigenvalue weighted by Gasteiger charge is -2.24. The van der Waals surface area contributed by atoms with Gasteiger partial charge in [0.1, 0.15) is 0 Å². The van der Waals surface area contributed by atoms with E-state index in [1.165, 1.54) is 0 Å². The van der Waals surface area contributed by atoms with Crippen LogP contribution in [0.1, 0.15) is 40.0 Å². The first-order valence-corrected chi connectivity index (χ1v) is 7.07. The monoisotopic (exact) mass is 310 g/mol. The summed E-state index contributed by atoms with van der Waals surface area (Å²) in [6.07, 6.45) is -5.47. The zero-order chi connectivity index (χ0) is 16.3. The number of ether oxygens (including phenoxy) is 2. The van der Waals surface area contributed by atoms with Gasteiger partial charge in [-0.2, -0.15) is 13.2 Å². The molecule has 0 N–H and O–H groups in total. The number of hydrogen-bond acceptors (Lipinski definition) is 4. The van der Waals surface area contributed by atoms with Crippen LogP contribution in [0, 0.1) is 17.3 Å². The molecule has 0 amide bonds. The summed E-state index contributed by atoms with van der Waals surface area (Å²) in [5.41, 5.74) is -1.60. The van der Waals surface area contributed by atoms with Crippen molar-refractivity contribution >= 4 is 11.9 Å². The summed E-state index contributed by atoms with van der Waals surface area (Å²) in [7, 11) is 0. The maximum absolute atomic E-state index is 12.6. The Hall–Kier alpha value is -1.27. The number of carbonyl (C=O) groups excluding carboxylic acids is 2. The molecule has 1 rings (SSSR count). The second-order valence-corrected chi connectivity index (χ2v) is 5.49. The van der Waals surface area contributed by atoms with Crippen molar-refractivity contribution in [2.75, 3.05) is 13.2 Å². The van der Waals surface area contributed by atoms with Gasteiger partial charge in [0.15, 0.2) is 5.41 Å². The van der Waals surface area contributed by atoms with Crippen LogP contribution >= 0.6 is 0 Å². The Kier molecular flexibility index (Phi) is 5.64. The molecule has 0 aliphatic heterocycles. The third kappa shape index (κ3) is 4.11. The van der Waals surface area contributed by atoms with E-state index in [1.54, 1.807) is 20.8 Å². The number of rotatable bonds is 5. The Labute approximate surface area is 122 Å². The van der Waals surface area contributed by atoms with Gasteiger partial charge in [0.05, 0.1) is 13.2 Å². The zero-order valence-electron chi connectivity index (χ0n) is 12.5. The lowest BCUT2D eigenvalue weighted by molar-refractivity contribution is -0.173. The van der Waals surface area contributed by atoms with Crippen molar-refractivity contribution in [1.82, 2.24) is 0 Å². The van der Waals surface area contributed by atoms with Crippen molar-refractivity contribution in [3.8, 4) is 0 Å². The van der Waals surface area contributed by atoms with E-state index >= 15 is 0 Å². The molecule has 0 heterocycles. The Balaban J connectivity index is 3.00. The van der Waals surface area contributed by atoms with E-state index in [0.717, 1.165) is 0 Å². The van der Waals surface area contributed by atoms with Gasteiger partial charge in [0.2, 0.25) is 0 Å². The first-order valence-electron chi connectivity index (χ1n) is 7.07. The molecule has 0 spiro atoms. The van der Waals surface area contributed by atoms with Crippen molar-refractivity contribution < 1.29 is 32.2 Å². The lowest BCUT2D eigenvalue weighted by Crippen LogP contribution is -2.40. The molecule has 0 aromatic heterocycles. The summed E-state index contributed by atoms with van der Waals surface area (Å²) >= 11 is 0. The minimum Gasteiger partial charge on any atom is -0.465 e. The number of hydrogen-bond donors (Lipinski definition) is 0. The van der Waals surface area contributed by atoms with E-state index < -0.39 is 41.8 Å². The van der Waals surface area contributed by atoms with E-state index in [0.29, 0.717) is 0 Å². The Morgan fingerprint density at radius 1 is 1.10 bits per heavy atom. The summed E-state index contributed by atoms with van der Waals surface area (Å²) in [6, 6.07) is 0.